The SMILES string of the molecule is CCc1nnc(NC(=O)CSc2nc3c(C)cccc3cc2C#N)s1. The first kappa shape index (κ1) is 17.3. The number of rotatable bonds is 5. The summed E-state index contributed by atoms with van der Waals surface area (Å²) in [5.74, 6) is -0.0421. The number of thioether (sulfide) groups is 1. The Hall–Kier alpha value is -2.50. The van der Waals surface area contributed by atoms with Crippen molar-refractivity contribution in [1.82, 2.24) is 15.2 Å². The van der Waals surface area contributed by atoms with E-state index in [0.717, 1.165) is 27.9 Å². The van der Waals surface area contributed by atoms with Crippen LogP contribution in [0.15, 0.2) is 29.3 Å². The number of carbonyl (C=O) groups is 1. The molecule has 1 aromatic carbocycles. The standard InChI is InChI=1S/C17H15N5OS2/c1-3-14-21-22-17(25-14)19-13(23)9-24-16-12(8-18)7-11-6-4-5-10(2)15(11)20-16/h4-7H,3,9H2,1-2H3,(H,19,22,23). The number of pyridine rings is 1. The molecule has 3 aromatic rings. The third-order valence-electron chi connectivity index (χ3n) is 3.49. The van der Waals surface area contributed by atoms with E-state index in [9.17, 15) is 10.1 Å². The van der Waals surface area contributed by atoms with Crippen LogP contribution in [-0.2, 0) is 11.2 Å². The first-order valence-corrected chi connectivity index (χ1v) is 9.46. The predicted octanol–water partition coefficient (Wildman–Crippen LogP) is 3.56. The lowest BCUT2D eigenvalue weighted by Crippen LogP contribution is -2.14. The zero-order valence-corrected chi connectivity index (χ0v) is 15.4. The summed E-state index contributed by atoms with van der Waals surface area (Å²) >= 11 is 2.61. The van der Waals surface area contributed by atoms with Crippen molar-refractivity contribution in [2.45, 2.75) is 25.3 Å². The third kappa shape index (κ3) is 3.95. The maximum absolute atomic E-state index is 12.1. The topological polar surface area (TPSA) is 91.6 Å². The fourth-order valence-corrected chi connectivity index (χ4v) is 3.71. The Kier molecular flexibility index (Phi) is 5.26. The number of para-hydroxylation sites is 1. The molecule has 0 saturated carbocycles. The molecule has 2 heterocycles. The Balaban J connectivity index is 1.74. The molecule has 0 saturated heterocycles. The molecule has 6 nitrogen and oxygen atoms in total. The van der Waals surface area contributed by atoms with Crippen molar-refractivity contribution in [3.05, 3.63) is 40.4 Å². The van der Waals surface area contributed by atoms with Crippen molar-refractivity contribution >= 4 is 45.0 Å². The number of anilines is 1. The number of nitrogens with one attached hydrogen (secondary N) is 1. The van der Waals surface area contributed by atoms with Gasteiger partial charge in [0.1, 0.15) is 16.1 Å². The minimum absolute atomic E-state index is 0.153. The fraction of sp³-hybridized carbons (Fsp3) is 0.235. The molecule has 8 heteroatoms. The maximum atomic E-state index is 12.1. The minimum Gasteiger partial charge on any atom is -0.300 e. The molecule has 2 aromatic heterocycles. The lowest BCUT2D eigenvalue weighted by atomic mass is 10.1. The number of hydrogen-bond donors (Lipinski definition) is 1. The number of nitriles is 1. The van der Waals surface area contributed by atoms with Gasteiger partial charge < -0.3 is 0 Å². The van der Waals surface area contributed by atoms with Gasteiger partial charge in [-0.25, -0.2) is 4.98 Å². The summed E-state index contributed by atoms with van der Waals surface area (Å²) in [6, 6.07) is 9.81. The van der Waals surface area contributed by atoms with Gasteiger partial charge in [0.05, 0.1) is 16.8 Å². The molecule has 1 amide bonds. The Bertz CT molecular complexity index is 977. The van der Waals surface area contributed by atoms with Gasteiger partial charge >= 0.3 is 0 Å². The largest absolute Gasteiger partial charge is 0.300 e. The molecule has 0 radical (unpaired) electrons. The number of benzene rings is 1. The molecule has 0 unspecified atom stereocenters. The van der Waals surface area contributed by atoms with Crippen molar-refractivity contribution in [3.63, 3.8) is 0 Å². The number of nitrogens with zero attached hydrogens (tertiary/aromatic N) is 4. The minimum atomic E-state index is -0.195. The Morgan fingerprint density at radius 2 is 2.24 bits per heavy atom. The van der Waals surface area contributed by atoms with Crippen LogP contribution in [0.4, 0.5) is 5.13 Å². The van der Waals surface area contributed by atoms with Crippen LogP contribution in [0.5, 0.6) is 0 Å². The number of fused-ring (bicyclic) bond motifs is 1. The summed E-state index contributed by atoms with van der Waals surface area (Å²) in [5, 5.41) is 22.8. The monoisotopic (exact) mass is 369 g/mol. The van der Waals surface area contributed by atoms with Crippen LogP contribution in [0.3, 0.4) is 0 Å². The number of aromatic nitrogens is 3. The predicted molar refractivity (Wildman–Crippen MR) is 99.8 cm³/mol. The molecule has 0 bridgehead atoms. The fourth-order valence-electron chi connectivity index (χ4n) is 2.26. The first-order valence-electron chi connectivity index (χ1n) is 7.66. The normalized spacial score (nSPS) is 10.6. The Labute approximate surface area is 153 Å². The smallest absolute Gasteiger partial charge is 0.236 e. The molecular weight excluding hydrogens is 354 g/mol. The number of carbonyl (C=O) groups excluding carboxylic acids is 1. The van der Waals surface area contributed by atoms with Crippen LogP contribution in [-0.4, -0.2) is 26.8 Å². The van der Waals surface area contributed by atoms with E-state index >= 15 is 0 Å². The highest BCUT2D eigenvalue weighted by Crippen LogP contribution is 2.26. The molecule has 0 aliphatic rings. The van der Waals surface area contributed by atoms with E-state index in [4.69, 9.17) is 0 Å². The molecular formula is C17H15N5OS2. The molecule has 3 rings (SSSR count). The zero-order valence-electron chi connectivity index (χ0n) is 13.7. The summed E-state index contributed by atoms with van der Waals surface area (Å²) < 4.78 is 0. The molecule has 0 spiro atoms. The molecule has 126 valence electrons. The van der Waals surface area contributed by atoms with Crippen molar-refractivity contribution < 1.29 is 4.79 Å². The van der Waals surface area contributed by atoms with Crippen LogP contribution in [0, 0.1) is 18.3 Å². The summed E-state index contributed by atoms with van der Waals surface area (Å²) in [6.45, 7) is 3.96. The quantitative estimate of drug-likeness (QED) is 0.692. The Morgan fingerprint density at radius 1 is 1.40 bits per heavy atom. The lowest BCUT2D eigenvalue weighted by molar-refractivity contribution is -0.113. The summed E-state index contributed by atoms with van der Waals surface area (Å²) in [7, 11) is 0. The van der Waals surface area contributed by atoms with Gasteiger partial charge in [-0.1, -0.05) is 48.2 Å². The van der Waals surface area contributed by atoms with Crippen LogP contribution >= 0.6 is 23.1 Å². The summed E-state index contributed by atoms with van der Waals surface area (Å²) in [6.07, 6.45) is 0.786. The molecule has 0 atom stereocenters. The van der Waals surface area contributed by atoms with E-state index in [1.165, 1.54) is 23.1 Å². The molecule has 25 heavy (non-hydrogen) atoms. The summed E-state index contributed by atoms with van der Waals surface area (Å²) in [5.41, 5.74) is 2.36. The van der Waals surface area contributed by atoms with E-state index in [1.807, 2.05) is 38.1 Å². The van der Waals surface area contributed by atoms with E-state index in [0.29, 0.717) is 15.7 Å². The highest BCUT2D eigenvalue weighted by atomic mass is 32.2. The van der Waals surface area contributed by atoms with Gasteiger partial charge in [0.25, 0.3) is 0 Å². The van der Waals surface area contributed by atoms with Gasteiger partial charge in [-0.15, -0.1) is 10.2 Å². The van der Waals surface area contributed by atoms with Crippen LogP contribution in [0.25, 0.3) is 10.9 Å². The number of hydrogen-bond acceptors (Lipinski definition) is 7. The van der Waals surface area contributed by atoms with Crippen LogP contribution in [0.1, 0.15) is 23.1 Å². The van der Waals surface area contributed by atoms with E-state index in [2.05, 4.69) is 26.6 Å². The average molecular weight is 369 g/mol. The first-order chi connectivity index (χ1) is 12.1. The second-order valence-corrected chi connectivity index (χ2v) is 7.32. The van der Waals surface area contributed by atoms with Gasteiger partial charge in [-0.2, -0.15) is 5.26 Å². The maximum Gasteiger partial charge on any atom is 0.236 e. The van der Waals surface area contributed by atoms with Crippen molar-refractivity contribution in [1.29, 1.82) is 5.26 Å². The van der Waals surface area contributed by atoms with E-state index in [1.54, 1.807) is 0 Å². The molecule has 0 aliphatic carbocycles. The lowest BCUT2D eigenvalue weighted by Gasteiger charge is -2.07. The van der Waals surface area contributed by atoms with Crippen molar-refractivity contribution in [2.24, 2.45) is 0 Å². The second-order valence-electron chi connectivity index (χ2n) is 5.29. The highest BCUT2D eigenvalue weighted by Gasteiger charge is 2.12. The summed E-state index contributed by atoms with van der Waals surface area (Å²) in [4.78, 5) is 16.7. The van der Waals surface area contributed by atoms with Crippen molar-refractivity contribution in [2.75, 3.05) is 11.1 Å². The van der Waals surface area contributed by atoms with Gasteiger partial charge in [0, 0.05) is 5.39 Å². The highest BCUT2D eigenvalue weighted by molar-refractivity contribution is 8.00. The van der Waals surface area contributed by atoms with Crippen LogP contribution in [0.2, 0.25) is 0 Å². The van der Waals surface area contributed by atoms with E-state index in [-0.39, 0.29) is 11.7 Å². The number of amides is 1. The molecule has 1 N–H and O–H groups in total. The second kappa shape index (κ2) is 7.59. The molecule has 0 aliphatic heterocycles. The van der Waals surface area contributed by atoms with Crippen molar-refractivity contribution in [3.8, 4) is 6.07 Å². The third-order valence-corrected chi connectivity index (χ3v) is 5.46. The Morgan fingerprint density at radius 3 is 2.96 bits per heavy atom. The zero-order chi connectivity index (χ0) is 17.8. The van der Waals surface area contributed by atoms with Gasteiger partial charge in [0.15, 0.2) is 0 Å². The van der Waals surface area contributed by atoms with Gasteiger partial charge in [-0.05, 0) is 25.0 Å². The van der Waals surface area contributed by atoms with Gasteiger partial charge in [-0.3, -0.25) is 10.1 Å². The van der Waals surface area contributed by atoms with E-state index < -0.39 is 0 Å². The van der Waals surface area contributed by atoms with Gasteiger partial charge in [0.2, 0.25) is 11.0 Å². The number of aryl methyl sites for hydroxylation is 2. The average Bonchev–Trinajstić information content (AvgIpc) is 3.07. The molecule has 0 fully saturated rings. The van der Waals surface area contributed by atoms with Crippen LogP contribution < -0.4 is 5.32 Å².